The molecule has 1 fully saturated rings. The first-order valence-corrected chi connectivity index (χ1v) is 8.17. The minimum Gasteiger partial charge on any atom is -0.444 e. The molecule has 3 rings (SSSR count). The van der Waals surface area contributed by atoms with Crippen molar-refractivity contribution in [3.63, 3.8) is 0 Å². The summed E-state index contributed by atoms with van der Waals surface area (Å²) < 4.78 is 18.5. The van der Waals surface area contributed by atoms with E-state index >= 15 is 0 Å². The molecular formula is C18H22FN3O2. The number of nitrogens with one attached hydrogen (secondary N) is 1. The van der Waals surface area contributed by atoms with Crippen molar-refractivity contribution in [2.45, 2.75) is 45.2 Å². The summed E-state index contributed by atoms with van der Waals surface area (Å²) in [5.41, 5.74) is 0.767. The van der Waals surface area contributed by atoms with Crippen LogP contribution in [0.15, 0.2) is 34.9 Å². The molecule has 2 amide bonds. The number of carbonyl (C=O) groups is 1. The van der Waals surface area contributed by atoms with Gasteiger partial charge >= 0.3 is 6.03 Å². The number of halogens is 1. The second-order valence-electron chi connectivity index (χ2n) is 6.56. The number of urea groups is 1. The van der Waals surface area contributed by atoms with Crippen LogP contribution in [0.25, 0.3) is 0 Å². The number of hydrogen-bond acceptors (Lipinski definition) is 3. The molecule has 1 aliphatic rings. The molecule has 0 bridgehead atoms. The van der Waals surface area contributed by atoms with Crippen molar-refractivity contribution in [3.05, 3.63) is 53.5 Å². The van der Waals surface area contributed by atoms with Gasteiger partial charge in [-0.1, -0.05) is 12.1 Å². The number of carbonyl (C=O) groups excluding carboxylic acids is 1. The highest BCUT2D eigenvalue weighted by Crippen LogP contribution is 2.32. The third kappa shape index (κ3) is 3.58. The number of aryl methyl sites for hydroxylation is 1. The summed E-state index contributed by atoms with van der Waals surface area (Å²) >= 11 is 0. The first kappa shape index (κ1) is 16.5. The molecule has 6 heteroatoms. The van der Waals surface area contributed by atoms with Gasteiger partial charge < -0.3 is 14.6 Å². The van der Waals surface area contributed by atoms with Gasteiger partial charge in [0.25, 0.3) is 0 Å². The van der Waals surface area contributed by atoms with Crippen molar-refractivity contribution in [1.82, 2.24) is 15.2 Å². The van der Waals surface area contributed by atoms with E-state index in [2.05, 4.69) is 17.2 Å². The van der Waals surface area contributed by atoms with Gasteiger partial charge in [-0.2, -0.15) is 0 Å². The summed E-state index contributed by atoms with van der Waals surface area (Å²) in [6.07, 6.45) is 4.23. The Labute approximate surface area is 140 Å². The third-order valence-electron chi connectivity index (χ3n) is 4.58. The number of nitrogens with zero attached hydrogens (tertiary/aromatic N) is 2. The predicted molar refractivity (Wildman–Crippen MR) is 87.9 cm³/mol. The number of aromatic nitrogens is 1. The summed E-state index contributed by atoms with van der Waals surface area (Å²) in [5, 5.41) is 2.90. The monoisotopic (exact) mass is 331 g/mol. The van der Waals surface area contributed by atoms with Crippen LogP contribution in [0.3, 0.4) is 0 Å². The van der Waals surface area contributed by atoms with E-state index in [4.69, 9.17) is 4.42 Å². The van der Waals surface area contributed by atoms with E-state index in [1.54, 1.807) is 25.3 Å². The number of amides is 2. The largest absolute Gasteiger partial charge is 0.444 e. The lowest BCUT2D eigenvalue weighted by molar-refractivity contribution is 0.154. The van der Waals surface area contributed by atoms with E-state index in [-0.39, 0.29) is 17.4 Å². The average Bonchev–Trinajstić information content (AvgIpc) is 3.13. The number of rotatable bonds is 4. The third-order valence-corrected chi connectivity index (χ3v) is 4.58. The van der Waals surface area contributed by atoms with Crippen molar-refractivity contribution < 1.29 is 13.6 Å². The predicted octanol–water partition coefficient (Wildman–Crippen LogP) is 3.43. The van der Waals surface area contributed by atoms with Crippen LogP contribution in [0.5, 0.6) is 0 Å². The molecule has 24 heavy (non-hydrogen) atoms. The lowest BCUT2D eigenvalue weighted by Crippen LogP contribution is -2.50. The van der Waals surface area contributed by atoms with Crippen LogP contribution in [-0.4, -0.2) is 28.0 Å². The molecule has 1 atom stereocenters. The Morgan fingerprint density at radius 3 is 2.83 bits per heavy atom. The molecule has 1 aromatic carbocycles. The number of likely N-dealkylation sites (tertiary alicyclic amines) is 1. The van der Waals surface area contributed by atoms with Gasteiger partial charge in [-0.15, -0.1) is 0 Å². The van der Waals surface area contributed by atoms with Crippen LogP contribution in [0, 0.1) is 12.7 Å². The van der Waals surface area contributed by atoms with Crippen LogP contribution >= 0.6 is 0 Å². The van der Waals surface area contributed by atoms with Crippen molar-refractivity contribution >= 4 is 6.03 Å². The molecule has 5 nitrogen and oxygen atoms in total. The Bertz CT molecular complexity index is 713. The summed E-state index contributed by atoms with van der Waals surface area (Å²) in [5.74, 6) is 0.981. The normalized spacial score (nSPS) is 20.4. The maximum Gasteiger partial charge on any atom is 0.318 e. The summed E-state index contributed by atoms with van der Waals surface area (Å²) in [4.78, 5) is 18.5. The highest BCUT2D eigenvalue weighted by Gasteiger charge is 2.39. The van der Waals surface area contributed by atoms with Crippen molar-refractivity contribution in [2.75, 3.05) is 6.54 Å². The molecule has 1 unspecified atom stereocenters. The highest BCUT2D eigenvalue weighted by molar-refractivity contribution is 5.75. The first-order chi connectivity index (χ1) is 11.5. The zero-order valence-electron chi connectivity index (χ0n) is 14.0. The van der Waals surface area contributed by atoms with E-state index in [0.29, 0.717) is 24.6 Å². The van der Waals surface area contributed by atoms with Gasteiger partial charge in [0.2, 0.25) is 0 Å². The minimum absolute atomic E-state index is 0.105. The maximum atomic E-state index is 13.1. The Morgan fingerprint density at radius 1 is 1.42 bits per heavy atom. The molecule has 1 N–H and O–H groups in total. The number of hydrogen-bond donors (Lipinski definition) is 1. The van der Waals surface area contributed by atoms with Crippen LogP contribution in [-0.2, 0) is 13.0 Å². The van der Waals surface area contributed by atoms with Gasteiger partial charge in [0, 0.05) is 19.0 Å². The van der Waals surface area contributed by atoms with Gasteiger partial charge in [-0.25, -0.2) is 14.2 Å². The molecule has 128 valence electrons. The van der Waals surface area contributed by atoms with E-state index < -0.39 is 0 Å². The van der Waals surface area contributed by atoms with E-state index in [1.807, 2.05) is 4.90 Å². The fraction of sp³-hybridized carbons (Fsp3) is 0.444. The smallest absolute Gasteiger partial charge is 0.318 e. The second-order valence-corrected chi connectivity index (χ2v) is 6.56. The van der Waals surface area contributed by atoms with Gasteiger partial charge in [-0.3, -0.25) is 0 Å². The second kappa shape index (κ2) is 6.63. The van der Waals surface area contributed by atoms with E-state index in [1.165, 1.54) is 12.1 Å². The molecule has 2 heterocycles. The lowest BCUT2D eigenvalue weighted by atomic mass is 9.90. The maximum absolute atomic E-state index is 13.1. The Kier molecular flexibility index (Phi) is 4.55. The first-order valence-electron chi connectivity index (χ1n) is 8.17. The highest BCUT2D eigenvalue weighted by atomic mass is 19.1. The fourth-order valence-corrected chi connectivity index (χ4v) is 3.34. The Hall–Kier alpha value is -2.37. The van der Waals surface area contributed by atoms with Gasteiger partial charge in [0.05, 0.1) is 12.7 Å². The molecule has 0 aliphatic carbocycles. The van der Waals surface area contributed by atoms with Crippen LogP contribution in [0.4, 0.5) is 9.18 Å². The zero-order chi connectivity index (χ0) is 17.2. The molecular weight excluding hydrogens is 309 g/mol. The topological polar surface area (TPSA) is 58.4 Å². The molecule has 1 aliphatic heterocycles. The van der Waals surface area contributed by atoms with Gasteiger partial charge in [0.15, 0.2) is 5.89 Å². The zero-order valence-corrected chi connectivity index (χ0v) is 14.0. The number of benzene rings is 1. The summed E-state index contributed by atoms with van der Waals surface area (Å²) in [7, 11) is 0. The van der Waals surface area contributed by atoms with Crippen LogP contribution < -0.4 is 5.32 Å². The Morgan fingerprint density at radius 2 is 2.17 bits per heavy atom. The van der Waals surface area contributed by atoms with Crippen molar-refractivity contribution in [1.29, 1.82) is 0 Å². The SMILES string of the molecule is Cc1ncc(CNC(=O)N2CCCC2(C)Cc2ccc(F)cc2)o1. The lowest BCUT2D eigenvalue weighted by Gasteiger charge is -2.35. The molecule has 1 aromatic heterocycles. The molecule has 2 aromatic rings. The van der Waals surface area contributed by atoms with Crippen LogP contribution in [0.2, 0.25) is 0 Å². The quantitative estimate of drug-likeness (QED) is 0.934. The van der Waals surface area contributed by atoms with Crippen LogP contribution in [0.1, 0.15) is 37.0 Å². The van der Waals surface area contributed by atoms with Gasteiger partial charge in [0.1, 0.15) is 11.6 Å². The van der Waals surface area contributed by atoms with Crippen molar-refractivity contribution in [3.8, 4) is 0 Å². The van der Waals surface area contributed by atoms with Crippen molar-refractivity contribution in [2.24, 2.45) is 0 Å². The molecule has 0 radical (unpaired) electrons. The van der Waals surface area contributed by atoms with E-state index in [0.717, 1.165) is 24.9 Å². The standard InChI is InChI=1S/C18H22FN3O2/c1-13-20-11-16(24-13)12-21-17(23)22-9-3-8-18(22,2)10-14-4-6-15(19)7-5-14/h4-7,11H,3,8-10,12H2,1-2H3,(H,21,23). The fourth-order valence-electron chi connectivity index (χ4n) is 3.34. The summed E-state index contributed by atoms with van der Waals surface area (Å²) in [6, 6.07) is 6.39. The number of oxazole rings is 1. The van der Waals surface area contributed by atoms with Gasteiger partial charge in [-0.05, 0) is 43.9 Å². The summed E-state index contributed by atoms with van der Waals surface area (Å²) in [6.45, 7) is 4.90. The molecule has 0 saturated carbocycles. The average molecular weight is 331 g/mol. The molecule has 0 spiro atoms. The minimum atomic E-state index is -0.265. The van der Waals surface area contributed by atoms with E-state index in [9.17, 15) is 9.18 Å². The Balaban J connectivity index is 1.64. The molecule has 1 saturated heterocycles.